The van der Waals surface area contributed by atoms with E-state index in [-0.39, 0.29) is 11.7 Å². The Kier molecular flexibility index (Phi) is 5.82. The number of amides is 1. The van der Waals surface area contributed by atoms with Gasteiger partial charge in [0.25, 0.3) is 0 Å². The number of thioether (sulfide) groups is 1. The first-order chi connectivity index (χ1) is 13.1. The minimum Gasteiger partial charge on any atom is -0.497 e. The third-order valence-corrected chi connectivity index (χ3v) is 4.65. The predicted octanol–water partition coefficient (Wildman–Crippen LogP) is 2.41. The monoisotopic (exact) mass is 385 g/mol. The Morgan fingerprint density at radius 2 is 1.93 bits per heavy atom. The summed E-state index contributed by atoms with van der Waals surface area (Å²) in [5, 5.41) is 11.4. The van der Waals surface area contributed by atoms with Crippen molar-refractivity contribution in [3.63, 3.8) is 0 Å². The standard InChI is InChI=1S/C18H19N5O3S/c1-25-13-8-9-15(26-2)14(10-13)20-16(24)11-27-18-22-21-17(23(18)19)12-6-4-3-5-7-12/h3-10H,11,19H2,1-2H3,(H,20,24). The number of nitrogens with two attached hydrogens (primary N) is 1. The van der Waals surface area contributed by atoms with E-state index in [4.69, 9.17) is 15.3 Å². The van der Waals surface area contributed by atoms with Crippen LogP contribution >= 0.6 is 11.8 Å². The molecule has 140 valence electrons. The zero-order chi connectivity index (χ0) is 19.2. The molecule has 1 heterocycles. The number of hydrogen-bond donors (Lipinski definition) is 2. The average Bonchev–Trinajstić information content (AvgIpc) is 3.07. The first kappa shape index (κ1) is 18.6. The number of ether oxygens (including phenoxy) is 2. The van der Waals surface area contributed by atoms with E-state index in [0.29, 0.717) is 28.2 Å². The smallest absolute Gasteiger partial charge is 0.234 e. The second-order valence-electron chi connectivity index (χ2n) is 5.45. The number of benzene rings is 2. The molecule has 0 bridgehead atoms. The molecule has 2 aromatic carbocycles. The summed E-state index contributed by atoms with van der Waals surface area (Å²) >= 11 is 1.19. The maximum absolute atomic E-state index is 12.3. The van der Waals surface area contributed by atoms with Gasteiger partial charge < -0.3 is 20.6 Å². The van der Waals surface area contributed by atoms with Gasteiger partial charge in [-0.15, -0.1) is 10.2 Å². The van der Waals surface area contributed by atoms with Crippen molar-refractivity contribution in [2.24, 2.45) is 0 Å². The molecule has 1 amide bonds. The van der Waals surface area contributed by atoms with Crippen molar-refractivity contribution in [1.82, 2.24) is 14.9 Å². The van der Waals surface area contributed by atoms with Crippen molar-refractivity contribution in [3.8, 4) is 22.9 Å². The van der Waals surface area contributed by atoms with Crippen LogP contribution in [0.1, 0.15) is 0 Å². The van der Waals surface area contributed by atoms with E-state index in [2.05, 4.69) is 15.5 Å². The summed E-state index contributed by atoms with van der Waals surface area (Å²) in [6.45, 7) is 0. The van der Waals surface area contributed by atoms with Crippen molar-refractivity contribution in [2.75, 3.05) is 31.1 Å². The van der Waals surface area contributed by atoms with Crippen LogP contribution in [0.5, 0.6) is 11.5 Å². The van der Waals surface area contributed by atoms with Crippen molar-refractivity contribution in [3.05, 3.63) is 48.5 Å². The van der Waals surface area contributed by atoms with Crippen LogP contribution in [0, 0.1) is 0 Å². The van der Waals surface area contributed by atoms with E-state index < -0.39 is 0 Å². The normalized spacial score (nSPS) is 10.4. The van der Waals surface area contributed by atoms with Crippen LogP contribution < -0.4 is 20.6 Å². The highest BCUT2D eigenvalue weighted by Crippen LogP contribution is 2.29. The van der Waals surface area contributed by atoms with Crippen LogP contribution in [0.3, 0.4) is 0 Å². The molecular weight excluding hydrogens is 366 g/mol. The van der Waals surface area contributed by atoms with Crippen molar-refractivity contribution >= 4 is 23.4 Å². The molecule has 3 rings (SSSR count). The number of nitrogen functional groups attached to an aromatic ring is 1. The van der Waals surface area contributed by atoms with Crippen LogP contribution in [0.15, 0.2) is 53.7 Å². The molecule has 0 aliphatic heterocycles. The maximum atomic E-state index is 12.3. The molecule has 0 spiro atoms. The summed E-state index contributed by atoms with van der Waals surface area (Å²) in [5.41, 5.74) is 1.38. The third-order valence-electron chi connectivity index (χ3n) is 3.71. The molecule has 9 heteroatoms. The lowest BCUT2D eigenvalue weighted by atomic mass is 10.2. The van der Waals surface area contributed by atoms with Gasteiger partial charge in [0, 0.05) is 11.6 Å². The summed E-state index contributed by atoms with van der Waals surface area (Å²) in [6, 6.07) is 14.7. The van der Waals surface area contributed by atoms with E-state index in [1.54, 1.807) is 25.3 Å². The highest BCUT2D eigenvalue weighted by molar-refractivity contribution is 7.99. The molecule has 0 aliphatic carbocycles. The largest absolute Gasteiger partial charge is 0.497 e. The van der Waals surface area contributed by atoms with E-state index in [9.17, 15) is 4.79 Å². The van der Waals surface area contributed by atoms with Crippen LogP contribution in [-0.2, 0) is 4.79 Å². The van der Waals surface area contributed by atoms with Gasteiger partial charge in [0.05, 0.1) is 25.7 Å². The van der Waals surface area contributed by atoms with Gasteiger partial charge in [-0.05, 0) is 12.1 Å². The Bertz CT molecular complexity index is 930. The van der Waals surface area contributed by atoms with Crippen LogP contribution in [0.2, 0.25) is 0 Å². The molecule has 3 N–H and O–H groups in total. The Morgan fingerprint density at radius 3 is 2.63 bits per heavy atom. The van der Waals surface area contributed by atoms with Gasteiger partial charge >= 0.3 is 0 Å². The van der Waals surface area contributed by atoms with Crippen molar-refractivity contribution in [2.45, 2.75) is 5.16 Å². The number of rotatable bonds is 7. The molecule has 0 aliphatic rings. The SMILES string of the molecule is COc1ccc(OC)c(NC(=O)CSc2nnc(-c3ccccc3)n2N)c1. The molecule has 0 atom stereocenters. The van der Waals surface area contributed by atoms with Gasteiger partial charge in [0.2, 0.25) is 11.1 Å². The summed E-state index contributed by atoms with van der Waals surface area (Å²) in [7, 11) is 3.09. The quantitative estimate of drug-likeness (QED) is 0.475. The first-order valence-electron chi connectivity index (χ1n) is 8.03. The average molecular weight is 385 g/mol. The second kappa shape index (κ2) is 8.45. The van der Waals surface area contributed by atoms with Crippen LogP contribution in [0.25, 0.3) is 11.4 Å². The Balaban J connectivity index is 1.66. The van der Waals surface area contributed by atoms with Gasteiger partial charge in [-0.3, -0.25) is 4.79 Å². The molecule has 0 saturated heterocycles. The molecular formula is C18H19N5O3S. The topological polar surface area (TPSA) is 104 Å². The highest BCUT2D eigenvalue weighted by Gasteiger charge is 2.15. The van der Waals surface area contributed by atoms with E-state index in [1.807, 2.05) is 30.3 Å². The summed E-state index contributed by atoms with van der Waals surface area (Å²) < 4.78 is 11.8. The fourth-order valence-corrected chi connectivity index (χ4v) is 3.04. The number of anilines is 1. The number of carbonyl (C=O) groups excluding carboxylic acids is 1. The van der Waals surface area contributed by atoms with E-state index in [1.165, 1.54) is 23.5 Å². The molecule has 1 aromatic heterocycles. The van der Waals surface area contributed by atoms with Crippen molar-refractivity contribution < 1.29 is 14.3 Å². The van der Waals surface area contributed by atoms with Gasteiger partial charge in [0.15, 0.2) is 5.82 Å². The van der Waals surface area contributed by atoms with Gasteiger partial charge in [-0.25, -0.2) is 4.68 Å². The van der Waals surface area contributed by atoms with Gasteiger partial charge in [0.1, 0.15) is 11.5 Å². The summed E-state index contributed by atoms with van der Waals surface area (Å²) in [5.74, 6) is 7.65. The molecule has 0 fully saturated rings. The zero-order valence-corrected chi connectivity index (χ0v) is 15.7. The summed E-state index contributed by atoms with van der Waals surface area (Å²) in [6.07, 6.45) is 0. The van der Waals surface area contributed by atoms with Crippen molar-refractivity contribution in [1.29, 1.82) is 0 Å². The van der Waals surface area contributed by atoms with Gasteiger partial charge in [-0.1, -0.05) is 42.1 Å². The second-order valence-corrected chi connectivity index (χ2v) is 6.39. The Morgan fingerprint density at radius 1 is 1.15 bits per heavy atom. The highest BCUT2D eigenvalue weighted by atomic mass is 32.2. The summed E-state index contributed by atoms with van der Waals surface area (Å²) in [4.78, 5) is 12.3. The molecule has 0 unspecified atom stereocenters. The fraction of sp³-hybridized carbons (Fsp3) is 0.167. The number of nitrogens with zero attached hydrogens (tertiary/aromatic N) is 3. The molecule has 0 saturated carbocycles. The molecule has 3 aromatic rings. The van der Waals surface area contributed by atoms with E-state index in [0.717, 1.165) is 5.56 Å². The number of hydrogen-bond acceptors (Lipinski definition) is 7. The zero-order valence-electron chi connectivity index (χ0n) is 14.9. The fourth-order valence-electron chi connectivity index (χ4n) is 2.39. The number of methoxy groups -OCH3 is 2. The lowest BCUT2D eigenvalue weighted by Gasteiger charge is -2.11. The molecule has 8 nitrogen and oxygen atoms in total. The number of nitrogens with one attached hydrogen (secondary N) is 1. The lowest BCUT2D eigenvalue weighted by Crippen LogP contribution is -2.17. The predicted molar refractivity (Wildman–Crippen MR) is 105 cm³/mol. The third kappa shape index (κ3) is 4.32. The maximum Gasteiger partial charge on any atom is 0.234 e. The van der Waals surface area contributed by atoms with Gasteiger partial charge in [-0.2, -0.15) is 0 Å². The molecule has 27 heavy (non-hydrogen) atoms. The van der Waals surface area contributed by atoms with Crippen LogP contribution in [-0.4, -0.2) is 40.8 Å². The lowest BCUT2D eigenvalue weighted by molar-refractivity contribution is -0.113. The Hall–Kier alpha value is -3.20. The molecule has 0 radical (unpaired) electrons. The Labute approximate surface area is 160 Å². The minimum absolute atomic E-state index is 0.116. The van der Waals surface area contributed by atoms with E-state index >= 15 is 0 Å². The number of carbonyl (C=O) groups is 1. The number of aromatic nitrogens is 3. The van der Waals surface area contributed by atoms with Crippen LogP contribution in [0.4, 0.5) is 5.69 Å². The minimum atomic E-state index is -0.226. The first-order valence-corrected chi connectivity index (χ1v) is 9.01.